The third-order valence-corrected chi connectivity index (χ3v) is 3.93. The first-order valence-electron chi connectivity index (χ1n) is 6.42. The largest absolute Gasteiger partial charge is 0.364 e. The van der Waals surface area contributed by atoms with Crippen LogP contribution in [-0.4, -0.2) is 15.1 Å². The summed E-state index contributed by atoms with van der Waals surface area (Å²) in [6.45, 7) is 1.78. The Labute approximate surface area is 125 Å². The fourth-order valence-corrected chi connectivity index (χ4v) is 2.67. The molecule has 21 heavy (non-hydrogen) atoms. The molecule has 1 aromatic carbocycles. The first kappa shape index (κ1) is 13.6. The number of aromatic amines is 1. The molecule has 6 heteroatoms. The van der Waals surface area contributed by atoms with E-state index in [1.807, 2.05) is 30.3 Å². The van der Waals surface area contributed by atoms with Crippen molar-refractivity contribution < 1.29 is 4.52 Å². The summed E-state index contributed by atoms with van der Waals surface area (Å²) in [7, 11) is 0. The maximum atomic E-state index is 12.1. The molecule has 0 unspecified atom stereocenters. The molecule has 2 heterocycles. The van der Waals surface area contributed by atoms with Gasteiger partial charge in [-0.05, 0) is 6.92 Å². The van der Waals surface area contributed by atoms with E-state index in [-0.39, 0.29) is 5.56 Å². The quantitative estimate of drug-likeness (QED) is 0.592. The molecule has 0 saturated carbocycles. The number of rotatable bonds is 4. The van der Waals surface area contributed by atoms with E-state index < -0.39 is 0 Å². The van der Waals surface area contributed by atoms with Gasteiger partial charge in [-0.1, -0.05) is 47.3 Å². The first-order valence-corrected chi connectivity index (χ1v) is 7.41. The lowest BCUT2D eigenvalue weighted by atomic mass is 10.1. The molecule has 3 aromatic rings. The Morgan fingerprint density at radius 2 is 2.05 bits per heavy atom. The van der Waals surface area contributed by atoms with E-state index in [1.165, 1.54) is 18.0 Å². The van der Waals surface area contributed by atoms with Crippen molar-refractivity contribution in [2.45, 2.75) is 17.8 Å². The molecule has 0 aliphatic rings. The number of H-pyrrole nitrogens is 1. The smallest absolute Gasteiger partial charge is 0.255 e. The number of thioether (sulfide) groups is 1. The molecule has 0 radical (unpaired) electrons. The monoisotopic (exact) mass is 299 g/mol. The lowest BCUT2D eigenvalue weighted by Crippen LogP contribution is -2.14. The van der Waals surface area contributed by atoms with Gasteiger partial charge in [0.1, 0.15) is 6.26 Å². The molecule has 0 aliphatic carbocycles. The predicted molar refractivity (Wildman–Crippen MR) is 81.1 cm³/mol. The summed E-state index contributed by atoms with van der Waals surface area (Å²) in [6, 6.07) is 11.5. The van der Waals surface area contributed by atoms with E-state index >= 15 is 0 Å². The van der Waals surface area contributed by atoms with Crippen molar-refractivity contribution in [3.05, 3.63) is 64.3 Å². The van der Waals surface area contributed by atoms with Gasteiger partial charge in [0.05, 0.1) is 11.4 Å². The molecule has 0 fully saturated rings. The van der Waals surface area contributed by atoms with Crippen molar-refractivity contribution in [3.8, 4) is 11.3 Å². The Morgan fingerprint density at radius 1 is 1.24 bits per heavy atom. The summed E-state index contributed by atoms with van der Waals surface area (Å²) < 4.78 is 4.78. The van der Waals surface area contributed by atoms with E-state index in [0.29, 0.717) is 22.2 Å². The van der Waals surface area contributed by atoms with E-state index in [0.717, 1.165) is 11.3 Å². The van der Waals surface area contributed by atoms with Crippen LogP contribution >= 0.6 is 11.8 Å². The summed E-state index contributed by atoms with van der Waals surface area (Å²) in [6.07, 6.45) is 1.52. The van der Waals surface area contributed by atoms with Crippen molar-refractivity contribution in [1.82, 2.24) is 15.1 Å². The first-order chi connectivity index (χ1) is 10.2. The zero-order valence-corrected chi connectivity index (χ0v) is 12.2. The minimum atomic E-state index is -0.119. The van der Waals surface area contributed by atoms with Gasteiger partial charge in [0.25, 0.3) is 5.56 Å². The lowest BCUT2D eigenvalue weighted by molar-refractivity contribution is 0.414. The number of aromatic nitrogens is 3. The van der Waals surface area contributed by atoms with Gasteiger partial charge in [0.15, 0.2) is 5.16 Å². The minimum Gasteiger partial charge on any atom is -0.364 e. The average Bonchev–Trinajstić information content (AvgIpc) is 3.02. The molecule has 5 nitrogen and oxygen atoms in total. The highest BCUT2D eigenvalue weighted by atomic mass is 32.2. The van der Waals surface area contributed by atoms with Crippen LogP contribution in [0.3, 0.4) is 0 Å². The molecular formula is C15H13N3O2S. The second-order valence-electron chi connectivity index (χ2n) is 4.49. The van der Waals surface area contributed by atoms with E-state index in [1.54, 1.807) is 13.0 Å². The molecule has 1 N–H and O–H groups in total. The average molecular weight is 299 g/mol. The molecule has 0 aliphatic heterocycles. The molecule has 3 rings (SSSR count). The van der Waals surface area contributed by atoms with Crippen LogP contribution in [0.5, 0.6) is 0 Å². The highest BCUT2D eigenvalue weighted by Crippen LogP contribution is 2.23. The summed E-state index contributed by atoms with van der Waals surface area (Å²) in [5, 5.41) is 4.41. The van der Waals surface area contributed by atoms with Crippen LogP contribution in [0.4, 0.5) is 0 Å². The third kappa shape index (κ3) is 3.05. The molecule has 0 atom stereocenters. The Balaban J connectivity index is 1.92. The second-order valence-corrected chi connectivity index (χ2v) is 5.45. The topological polar surface area (TPSA) is 71.8 Å². The van der Waals surface area contributed by atoms with Crippen LogP contribution in [-0.2, 0) is 5.75 Å². The Bertz CT molecular complexity index is 782. The fraction of sp³-hybridized carbons (Fsp3) is 0.133. The zero-order chi connectivity index (χ0) is 14.7. The minimum absolute atomic E-state index is 0.119. The Kier molecular flexibility index (Phi) is 3.87. The molecule has 0 bridgehead atoms. The van der Waals surface area contributed by atoms with Crippen LogP contribution in [0.1, 0.15) is 11.3 Å². The van der Waals surface area contributed by atoms with Gasteiger partial charge >= 0.3 is 0 Å². The molecule has 0 amide bonds. The second kappa shape index (κ2) is 5.97. The zero-order valence-electron chi connectivity index (χ0n) is 11.4. The summed E-state index contributed by atoms with van der Waals surface area (Å²) in [5.41, 5.74) is 2.95. The Morgan fingerprint density at radius 3 is 2.76 bits per heavy atom. The number of benzene rings is 1. The van der Waals surface area contributed by atoms with Crippen molar-refractivity contribution in [3.63, 3.8) is 0 Å². The van der Waals surface area contributed by atoms with E-state index in [4.69, 9.17) is 4.52 Å². The van der Waals surface area contributed by atoms with Crippen molar-refractivity contribution in [2.75, 3.05) is 0 Å². The van der Waals surface area contributed by atoms with Crippen LogP contribution in [0.2, 0.25) is 0 Å². The van der Waals surface area contributed by atoms with Gasteiger partial charge in [-0.2, -0.15) is 0 Å². The Hall–Kier alpha value is -2.34. The maximum absolute atomic E-state index is 12.1. The molecular weight excluding hydrogens is 286 g/mol. The lowest BCUT2D eigenvalue weighted by Gasteiger charge is -2.07. The van der Waals surface area contributed by atoms with Gasteiger partial charge in [-0.3, -0.25) is 4.79 Å². The molecule has 2 aromatic heterocycles. The van der Waals surface area contributed by atoms with Crippen molar-refractivity contribution >= 4 is 11.8 Å². The van der Waals surface area contributed by atoms with E-state index in [9.17, 15) is 4.79 Å². The standard InChI is InChI=1S/C15H13N3O2S/c1-10-13(11-5-3-2-4-6-11)16-15(17-14(10)19)21-9-12-7-8-20-18-12/h2-8H,9H2,1H3,(H,16,17,19). The number of hydrogen-bond donors (Lipinski definition) is 1. The number of hydrogen-bond acceptors (Lipinski definition) is 5. The van der Waals surface area contributed by atoms with Crippen LogP contribution < -0.4 is 5.56 Å². The number of nitrogens with zero attached hydrogens (tertiary/aromatic N) is 2. The van der Waals surface area contributed by atoms with Gasteiger partial charge in [-0.15, -0.1) is 0 Å². The van der Waals surface area contributed by atoms with Gasteiger partial charge in [-0.25, -0.2) is 4.98 Å². The van der Waals surface area contributed by atoms with Gasteiger partial charge in [0.2, 0.25) is 0 Å². The third-order valence-electron chi connectivity index (χ3n) is 3.02. The fourth-order valence-electron chi connectivity index (χ4n) is 1.91. The maximum Gasteiger partial charge on any atom is 0.255 e. The highest BCUT2D eigenvalue weighted by Gasteiger charge is 2.10. The SMILES string of the molecule is Cc1c(-c2ccccc2)nc(SCc2ccon2)[nH]c1=O. The summed E-state index contributed by atoms with van der Waals surface area (Å²) in [4.78, 5) is 19.4. The normalized spacial score (nSPS) is 10.7. The van der Waals surface area contributed by atoms with Crippen LogP contribution in [0.25, 0.3) is 11.3 Å². The van der Waals surface area contributed by atoms with Gasteiger partial charge < -0.3 is 9.51 Å². The van der Waals surface area contributed by atoms with E-state index in [2.05, 4.69) is 15.1 Å². The molecule has 106 valence electrons. The summed E-state index contributed by atoms with van der Waals surface area (Å²) in [5.74, 6) is 0.594. The summed E-state index contributed by atoms with van der Waals surface area (Å²) >= 11 is 1.42. The van der Waals surface area contributed by atoms with Gasteiger partial charge in [0, 0.05) is 22.9 Å². The molecule has 0 saturated heterocycles. The predicted octanol–water partition coefficient (Wildman–Crippen LogP) is 3.03. The van der Waals surface area contributed by atoms with Crippen molar-refractivity contribution in [1.29, 1.82) is 0 Å². The number of nitrogens with one attached hydrogen (secondary N) is 1. The van der Waals surface area contributed by atoms with Crippen LogP contribution in [0, 0.1) is 6.92 Å². The molecule has 0 spiro atoms. The highest BCUT2D eigenvalue weighted by molar-refractivity contribution is 7.98. The van der Waals surface area contributed by atoms with Crippen molar-refractivity contribution in [2.24, 2.45) is 0 Å². The van der Waals surface area contributed by atoms with Crippen LogP contribution in [0.15, 0.2) is 57.1 Å².